The molecule has 0 unspecified atom stereocenters. The number of nitrogens with one attached hydrogen (secondary N) is 2. The highest BCUT2D eigenvalue weighted by molar-refractivity contribution is 5.94. The molecule has 0 aliphatic heterocycles. The second-order valence-electron chi connectivity index (χ2n) is 6.45. The number of carbonyl (C=O) groups is 1. The molecule has 1 aromatic carbocycles. The summed E-state index contributed by atoms with van der Waals surface area (Å²) in [6.45, 7) is 3.69. The van der Waals surface area contributed by atoms with Gasteiger partial charge in [-0.3, -0.25) is 10.2 Å². The number of unbranched alkanes of at least 4 members (excludes halogenated alkanes) is 6. The van der Waals surface area contributed by atoms with E-state index in [1.54, 1.807) is 0 Å². The second-order valence-corrected chi connectivity index (χ2v) is 6.45. The Morgan fingerprint density at radius 1 is 1.00 bits per heavy atom. The van der Waals surface area contributed by atoms with Crippen LogP contribution in [0.15, 0.2) is 24.3 Å². The molecule has 0 saturated carbocycles. The molecule has 0 radical (unpaired) electrons. The van der Waals surface area contributed by atoms with Gasteiger partial charge < -0.3 is 11.1 Å². The summed E-state index contributed by atoms with van der Waals surface area (Å²) in [5, 5.41) is 10.7. The molecule has 0 aliphatic rings. The summed E-state index contributed by atoms with van der Waals surface area (Å²) >= 11 is 0. The highest BCUT2D eigenvalue weighted by atomic mass is 16.1. The fourth-order valence-electron chi connectivity index (χ4n) is 2.67. The van der Waals surface area contributed by atoms with Crippen LogP contribution in [0, 0.1) is 5.41 Å². The first-order valence-electron chi connectivity index (χ1n) is 9.29. The highest BCUT2D eigenvalue weighted by Gasteiger charge is 2.02. The maximum atomic E-state index is 11.8. The van der Waals surface area contributed by atoms with Crippen molar-refractivity contribution in [3.8, 4) is 0 Å². The third-order valence-corrected chi connectivity index (χ3v) is 4.23. The Labute approximate surface area is 146 Å². The fraction of sp³-hybridized carbons (Fsp3) is 0.600. The van der Waals surface area contributed by atoms with Crippen LogP contribution < -0.4 is 11.1 Å². The monoisotopic (exact) mass is 331 g/mol. The summed E-state index contributed by atoms with van der Waals surface area (Å²) in [6, 6.07) is 7.63. The summed E-state index contributed by atoms with van der Waals surface area (Å²) in [5.74, 6) is 0.452. The van der Waals surface area contributed by atoms with Gasteiger partial charge in [0.2, 0.25) is 0 Å². The van der Waals surface area contributed by atoms with E-state index < -0.39 is 0 Å². The molecule has 1 rings (SSSR count). The van der Waals surface area contributed by atoms with Crippen molar-refractivity contribution in [2.24, 2.45) is 5.73 Å². The molecule has 0 spiro atoms. The minimum Gasteiger partial charge on any atom is -0.384 e. The average Bonchev–Trinajstić information content (AvgIpc) is 2.58. The number of amidine groups is 1. The predicted molar refractivity (Wildman–Crippen MR) is 101 cm³/mol. The molecule has 4 nitrogen and oxygen atoms in total. The maximum Gasteiger partial charge on any atom is 0.134 e. The van der Waals surface area contributed by atoms with E-state index in [2.05, 4.69) is 12.2 Å². The van der Waals surface area contributed by atoms with Gasteiger partial charge in [-0.25, -0.2) is 0 Å². The largest absolute Gasteiger partial charge is 0.384 e. The maximum absolute atomic E-state index is 11.8. The Morgan fingerprint density at radius 2 is 1.62 bits per heavy atom. The quantitative estimate of drug-likeness (QED) is 0.272. The normalized spacial score (nSPS) is 10.7. The summed E-state index contributed by atoms with van der Waals surface area (Å²) in [6.07, 6.45) is 10.1. The minimum absolute atomic E-state index is 0.0884. The number of carbonyl (C=O) groups excluding carboxylic acids is 1. The zero-order valence-electron chi connectivity index (χ0n) is 15.1. The van der Waals surface area contributed by atoms with Gasteiger partial charge in [-0.05, 0) is 12.0 Å². The standard InChI is InChI=1S/C20H33N3O/c1-2-3-4-5-6-7-8-9-19(24)14-15-23-16-17-10-12-18(13-11-17)20(21)22/h10-13,23H,2-9,14-16H2,1H3,(H3,21,22). The molecule has 0 aromatic heterocycles. The topological polar surface area (TPSA) is 79.0 Å². The Bertz CT molecular complexity index is 482. The molecule has 0 heterocycles. The van der Waals surface area contributed by atoms with Crippen LogP contribution in [0.2, 0.25) is 0 Å². The summed E-state index contributed by atoms with van der Waals surface area (Å²) in [5.41, 5.74) is 7.31. The average molecular weight is 332 g/mol. The van der Waals surface area contributed by atoms with Crippen molar-refractivity contribution < 1.29 is 4.79 Å². The van der Waals surface area contributed by atoms with E-state index in [1.807, 2.05) is 24.3 Å². The minimum atomic E-state index is 0.0884. The Hall–Kier alpha value is -1.68. The molecule has 134 valence electrons. The highest BCUT2D eigenvalue weighted by Crippen LogP contribution is 2.09. The van der Waals surface area contributed by atoms with Gasteiger partial charge in [-0.1, -0.05) is 69.7 Å². The molecule has 4 heteroatoms. The van der Waals surface area contributed by atoms with Crippen molar-refractivity contribution in [1.29, 1.82) is 5.41 Å². The first-order valence-corrected chi connectivity index (χ1v) is 9.29. The molecule has 24 heavy (non-hydrogen) atoms. The van der Waals surface area contributed by atoms with Crippen LogP contribution >= 0.6 is 0 Å². The zero-order chi connectivity index (χ0) is 17.6. The van der Waals surface area contributed by atoms with E-state index >= 15 is 0 Å². The number of benzene rings is 1. The van der Waals surface area contributed by atoms with Crippen molar-refractivity contribution in [3.05, 3.63) is 35.4 Å². The van der Waals surface area contributed by atoms with Crippen LogP contribution in [0.5, 0.6) is 0 Å². The van der Waals surface area contributed by atoms with Crippen molar-refractivity contribution in [1.82, 2.24) is 5.32 Å². The van der Waals surface area contributed by atoms with Crippen LogP contribution in [0.3, 0.4) is 0 Å². The number of Topliss-reactive ketones (excluding diaryl/α,β-unsaturated/α-hetero) is 1. The lowest BCUT2D eigenvalue weighted by Gasteiger charge is -2.06. The summed E-state index contributed by atoms with van der Waals surface area (Å²) in [4.78, 5) is 11.8. The lowest BCUT2D eigenvalue weighted by molar-refractivity contribution is -0.119. The molecule has 1 aromatic rings. The molecule has 0 fully saturated rings. The molecule has 0 aliphatic carbocycles. The van der Waals surface area contributed by atoms with Crippen LogP contribution in [0.1, 0.15) is 75.8 Å². The predicted octanol–water partition coefficient (Wildman–Crippen LogP) is 4.16. The van der Waals surface area contributed by atoms with Gasteiger partial charge in [0.05, 0.1) is 0 Å². The number of ketones is 1. The lowest BCUT2D eigenvalue weighted by Crippen LogP contribution is -2.18. The third kappa shape index (κ3) is 9.46. The van der Waals surface area contributed by atoms with Crippen LogP contribution in [-0.4, -0.2) is 18.2 Å². The Kier molecular flexibility index (Phi) is 10.8. The van der Waals surface area contributed by atoms with Gasteiger partial charge in [-0.2, -0.15) is 0 Å². The van der Waals surface area contributed by atoms with E-state index in [1.165, 1.54) is 38.5 Å². The summed E-state index contributed by atoms with van der Waals surface area (Å²) in [7, 11) is 0. The molecule has 0 amide bonds. The fourth-order valence-corrected chi connectivity index (χ4v) is 2.67. The molecular weight excluding hydrogens is 298 g/mol. The van der Waals surface area contributed by atoms with E-state index in [-0.39, 0.29) is 5.84 Å². The van der Waals surface area contributed by atoms with Gasteiger partial charge in [0.25, 0.3) is 0 Å². The first kappa shape index (κ1) is 20.4. The van der Waals surface area contributed by atoms with Gasteiger partial charge >= 0.3 is 0 Å². The third-order valence-electron chi connectivity index (χ3n) is 4.23. The van der Waals surface area contributed by atoms with Crippen LogP contribution in [-0.2, 0) is 11.3 Å². The van der Waals surface area contributed by atoms with Crippen molar-refractivity contribution in [3.63, 3.8) is 0 Å². The number of hydrogen-bond donors (Lipinski definition) is 3. The number of nitrogen functional groups attached to an aromatic ring is 1. The van der Waals surface area contributed by atoms with Gasteiger partial charge in [0.1, 0.15) is 11.6 Å². The molecule has 0 atom stereocenters. The Morgan fingerprint density at radius 3 is 2.25 bits per heavy atom. The van der Waals surface area contributed by atoms with Crippen molar-refractivity contribution in [2.45, 2.75) is 71.3 Å². The number of rotatable bonds is 14. The summed E-state index contributed by atoms with van der Waals surface area (Å²) < 4.78 is 0. The molecule has 4 N–H and O–H groups in total. The van der Waals surface area contributed by atoms with Crippen LogP contribution in [0.4, 0.5) is 0 Å². The molecular formula is C20H33N3O. The molecule has 0 saturated heterocycles. The SMILES string of the molecule is CCCCCCCCCC(=O)CCNCc1ccc(C(=N)N)cc1. The second kappa shape index (κ2) is 12.7. The van der Waals surface area contributed by atoms with Gasteiger partial charge in [-0.15, -0.1) is 0 Å². The number of hydrogen-bond acceptors (Lipinski definition) is 3. The van der Waals surface area contributed by atoms with E-state index in [0.717, 1.165) is 37.1 Å². The van der Waals surface area contributed by atoms with Crippen LogP contribution in [0.25, 0.3) is 0 Å². The van der Waals surface area contributed by atoms with E-state index in [4.69, 9.17) is 11.1 Å². The zero-order valence-corrected chi connectivity index (χ0v) is 15.1. The van der Waals surface area contributed by atoms with Crippen molar-refractivity contribution in [2.75, 3.05) is 6.54 Å². The molecule has 0 bridgehead atoms. The van der Waals surface area contributed by atoms with Gasteiger partial charge in [0.15, 0.2) is 0 Å². The van der Waals surface area contributed by atoms with Crippen molar-refractivity contribution >= 4 is 11.6 Å². The van der Waals surface area contributed by atoms with E-state index in [0.29, 0.717) is 12.2 Å². The first-order chi connectivity index (χ1) is 11.6. The number of nitrogens with two attached hydrogens (primary N) is 1. The van der Waals surface area contributed by atoms with E-state index in [9.17, 15) is 4.79 Å². The smallest absolute Gasteiger partial charge is 0.134 e. The lowest BCUT2D eigenvalue weighted by atomic mass is 10.1. The Balaban J connectivity index is 2.02. The van der Waals surface area contributed by atoms with Gasteiger partial charge in [0, 0.05) is 31.5 Å².